The van der Waals surface area contributed by atoms with E-state index in [4.69, 9.17) is 10.2 Å². The number of rotatable bonds is 6. The summed E-state index contributed by atoms with van der Waals surface area (Å²) in [6.45, 7) is 2.10. The van der Waals surface area contributed by atoms with Gasteiger partial charge in [-0.05, 0) is 37.4 Å². The summed E-state index contributed by atoms with van der Waals surface area (Å²) in [4.78, 5) is 0. The first kappa shape index (κ1) is 14.5. The van der Waals surface area contributed by atoms with Crippen molar-refractivity contribution < 1.29 is 12.8 Å². The van der Waals surface area contributed by atoms with Crippen molar-refractivity contribution in [2.45, 2.75) is 19.3 Å². The zero-order valence-electron chi connectivity index (χ0n) is 10.9. The molecule has 0 atom stereocenters. The molecule has 1 aromatic heterocycles. The summed E-state index contributed by atoms with van der Waals surface area (Å²) in [5.74, 6) is 1.24. The summed E-state index contributed by atoms with van der Waals surface area (Å²) in [7, 11) is -3.37. The zero-order chi connectivity index (χ0) is 13.7. The van der Waals surface area contributed by atoms with Gasteiger partial charge in [0.1, 0.15) is 5.76 Å². The Labute approximate surface area is 114 Å². The summed E-state index contributed by atoms with van der Waals surface area (Å²) in [6, 6.07) is 3.63. The van der Waals surface area contributed by atoms with Crippen molar-refractivity contribution in [1.29, 1.82) is 0 Å². The first-order valence-electron chi connectivity index (χ1n) is 6.59. The van der Waals surface area contributed by atoms with Gasteiger partial charge in [-0.1, -0.05) is 0 Å². The third-order valence-electron chi connectivity index (χ3n) is 3.48. The van der Waals surface area contributed by atoms with Crippen LogP contribution < -0.4 is 10.5 Å². The minimum Gasteiger partial charge on any atom is -0.469 e. The number of furan rings is 1. The molecule has 0 spiro atoms. The van der Waals surface area contributed by atoms with Gasteiger partial charge in [-0.25, -0.2) is 4.72 Å². The van der Waals surface area contributed by atoms with Gasteiger partial charge in [0.15, 0.2) is 0 Å². The van der Waals surface area contributed by atoms with Gasteiger partial charge in [0, 0.05) is 26.1 Å². The third-order valence-corrected chi connectivity index (χ3v) is 5.10. The SMILES string of the molecule is NCC1CCN(S(=O)(=O)NCCc2ccco2)CC1. The summed E-state index contributed by atoms with van der Waals surface area (Å²) in [5.41, 5.74) is 5.60. The number of hydrogen-bond acceptors (Lipinski definition) is 4. The molecule has 0 aliphatic carbocycles. The highest BCUT2D eigenvalue weighted by atomic mass is 32.2. The molecule has 1 aliphatic rings. The van der Waals surface area contributed by atoms with E-state index in [1.165, 1.54) is 4.31 Å². The number of hydrogen-bond donors (Lipinski definition) is 2. The van der Waals surface area contributed by atoms with Crippen LogP contribution >= 0.6 is 0 Å². The van der Waals surface area contributed by atoms with Crippen molar-refractivity contribution in [3.05, 3.63) is 24.2 Å². The van der Waals surface area contributed by atoms with Crippen molar-refractivity contribution in [1.82, 2.24) is 9.03 Å². The monoisotopic (exact) mass is 287 g/mol. The van der Waals surface area contributed by atoms with Gasteiger partial charge < -0.3 is 10.2 Å². The molecule has 19 heavy (non-hydrogen) atoms. The van der Waals surface area contributed by atoms with Crippen LogP contribution in [0.2, 0.25) is 0 Å². The fraction of sp³-hybridized carbons (Fsp3) is 0.667. The molecule has 6 nitrogen and oxygen atoms in total. The van der Waals surface area contributed by atoms with Gasteiger partial charge in [-0.2, -0.15) is 12.7 Å². The molecule has 1 saturated heterocycles. The van der Waals surface area contributed by atoms with Gasteiger partial charge >= 0.3 is 0 Å². The van der Waals surface area contributed by atoms with E-state index < -0.39 is 10.2 Å². The highest BCUT2D eigenvalue weighted by molar-refractivity contribution is 7.87. The molecule has 1 fully saturated rings. The summed E-state index contributed by atoms with van der Waals surface area (Å²) >= 11 is 0. The lowest BCUT2D eigenvalue weighted by molar-refractivity contribution is 0.276. The van der Waals surface area contributed by atoms with Crippen molar-refractivity contribution >= 4 is 10.2 Å². The van der Waals surface area contributed by atoms with Gasteiger partial charge in [-0.15, -0.1) is 0 Å². The molecular weight excluding hydrogens is 266 g/mol. The van der Waals surface area contributed by atoms with E-state index in [2.05, 4.69) is 4.72 Å². The average Bonchev–Trinajstić information content (AvgIpc) is 2.92. The largest absolute Gasteiger partial charge is 0.469 e. The van der Waals surface area contributed by atoms with E-state index >= 15 is 0 Å². The average molecular weight is 287 g/mol. The molecule has 1 aliphatic heterocycles. The quantitative estimate of drug-likeness (QED) is 0.789. The second-order valence-corrected chi connectivity index (χ2v) is 6.56. The Kier molecular flexibility index (Phi) is 4.98. The molecular formula is C12H21N3O3S. The van der Waals surface area contributed by atoms with E-state index in [1.807, 2.05) is 6.07 Å². The van der Waals surface area contributed by atoms with E-state index in [9.17, 15) is 8.42 Å². The number of nitrogens with zero attached hydrogens (tertiary/aromatic N) is 1. The van der Waals surface area contributed by atoms with Gasteiger partial charge in [0.25, 0.3) is 10.2 Å². The zero-order valence-corrected chi connectivity index (χ0v) is 11.7. The summed E-state index contributed by atoms with van der Waals surface area (Å²) in [5, 5.41) is 0. The molecule has 0 radical (unpaired) electrons. The Morgan fingerprint density at radius 3 is 2.74 bits per heavy atom. The fourth-order valence-electron chi connectivity index (χ4n) is 2.23. The van der Waals surface area contributed by atoms with Crippen LogP contribution in [0.4, 0.5) is 0 Å². The van der Waals surface area contributed by atoms with Crippen LogP contribution in [0.15, 0.2) is 22.8 Å². The summed E-state index contributed by atoms with van der Waals surface area (Å²) < 4.78 is 33.4. The van der Waals surface area contributed by atoms with Gasteiger partial charge in [-0.3, -0.25) is 0 Å². The lowest BCUT2D eigenvalue weighted by Gasteiger charge is -2.30. The lowest BCUT2D eigenvalue weighted by Crippen LogP contribution is -2.46. The van der Waals surface area contributed by atoms with Crippen LogP contribution in [0, 0.1) is 5.92 Å². The third kappa shape index (κ3) is 4.04. The van der Waals surface area contributed by atoms with Crippen molar-refractivity contribution in [3.8, 4) is 0 Å². The standard InChI is InChI=1S/C12H21N3O3S/c13-10-11-4-7-15(8-5-11)19(16,17)14-6-3-12-2-1-9-18-12/h1-2,9,11,14H,3-8,10,13H2. The molecule has 3 N–H and O–H groups in total. The molecule has 108 valence electrons. The molecule has 2 rings (SSSR count). The molecule has 0 amide bonds. The Hall–Kier alpha value is -0.890. The molecule has 0 bridgehead atoms. The molecule has 0 aromatic carbocycles. The van der Waals surface area contributed by atoms with E-state index in [0.717, 1.165) is 18.6 Å². The predicted molar refractivity (Wildman–Crippen MR) is 72.7 cm³/mol. The van der Waals surface area contributed by atoms with Crippen molar-refractivity contribution in [2.75, 3.05) is 26.2 Å². The van der Waals surface area contributed by atoms with E-state index in [-0.39, 0.29) is 0 Å². The first-order valence-corrected chi connectivity index (χ1v) is 8.03. The van der Waals surface area contributed by atoms with E-state index in [1.54, 1.807) is 12.3 Å². The Morgan fingerprint density at radius 2 is 2.16 bits per heavy atom. The highest BCUT2D eigenvalue weighted by Gasteiger charge is 2.26. The molecule has 0 saturated carbocycles. The highest BCUT2D eigenvalue weighted by Crippen LogP contribution is 2.17. The minimum absolute atomic E-state index is 0.354. The second-order valence-electron chi connectivity index (χ2n) is 4.81. The fourth-order valence-corrected chi connectivity index (χ4v) is 3.47. The number of nitrogens with one attached hydrogen (secondary N) is 1. The van der Waals surface area contributed by atoms with Gasteiger partial charge in [0.2, 0.25) is 0 Å². The number of nitrogens with two attached hydrogens (primary N) is 1. The topological polar surface area (TPSA) is 88.6 Å². The van der Waals surface area contributed by atoms with E-state index in [0.29, 0.717) is 38.5 Å². The maximum absolute atomic E-state index is 12.1. The number of piperidine rings is 1. The normalized spacial score (nSPS) is 18.8. The molecule has 7 heteroatoms. The van der Waals surface area contributed by atoms with Crippen LogP contribution in [0.25, 0.3) is 0 Å². The Bertz CT molecular complexity index is 464. The van der Waals surface area contributed by atoms with Crippen LogP contribution in [-0.4, -0.2) is 38.9 Å². The maximum Gasteiger partial charge on any atom is 0.279 e. The van der Waals surface area contributed by atoms with Crippen LogP contribution in [0.1, 0.15) is 18.6 Å². The van der Waals surface area contributed by atoms with Crippen LogP contribution in [0.3, 0.4) is 0 Å². The summed E-state index contributed by atoms with van der Waals surface area (Å²) in [6.07, 6.45) is 3.83. The molecule has 1 aromatic rings. The molecule has 2 heterocycles. The van der Waals surface area contributed by atoms with Gasteiger partial charge in [0.05, 0.1) is 6.26 Å². The van der Waals surface area contributed by atoms with Crippen molar-refractivity contribution in [2.24, 2.45) is 11.7 Å². The minimum atomic E-state index is -3.37. The van der Waals surface area contributed by atoms with Crippen molar-refractivity contribution in [3.63, 3.8) is 0 Å². The Balaban J connectivity index is 1.78. The van der Waals surface area contributed by atoms with Crippen LogP contribution in [0.5, 0.6) is 0 Å². The maximum atomic E-state index is 12.1. The Morgan fingerprint density at radius 1 is 1.42 bits per heavy atom. The van der Waals surface area contributed by atoms with Crippen LogP contribution in [-0.2, 0) is 16.6 Å². The lowest BCUT2D eigenvalue weighted by atomic mass is 9.99. The first-order chi connectivity index (χ1) is 9.12. The molecule has 0 unspecified atom stereocenters. The second kappa shape index (κ2) is 6.51. The smallest absolute Gasteiger partial charge is 0.279 e. The predicted octanol–water partition coefficient (Wildman–Crippen LogP) is 0.327.